The lowest BCUT2D eigenvalue weighted by Gasteiger charge is -1.99. The van der Waals surface area contributed by atoms with Crippen LogP contribution in [0.5, 0.6) is 0 Å². The molecule has 0 amide bonds. The average molecular weight is 212 g/mol. The Kier molecular flexibility index (Phi) is 1.83. The molecule has 1 N–H and O–H groups in total. The molecule has 0 spiro atoms. The van der Waals surface area contributed by atoms with Crippen LogP contribution in [0.2, 0.25) is 0 Å². The molecule has 0 aliphatic heterocycles. The number of rotatable bonds is 1. The number of hydrogen-bond acceptors (Lipinski definition) is 3. The molecular weight excluding hydrogens is 204 g/mol. The minimum Gasteiger partial charge on any atom is -0.246 e. The van der Waals surface area contributed by atoms with Gasteiger partial charge in [0.1, 0.15) is 0 Å². The van der Waals surface area contributed by atoms with Crippen LogP contribution in [-0.2, 0) is 0 Å². The van der Waals surface area contributed by atoms with Gasteiger partial charge in [-0.1, -0.05) is 30.3 Å². The molecule has 3 rings (SSSR count). The molecule has 3 aromatic rings. The molecule has 1 aromatic carbocycles. The minimum atomic E-state index is -0.276. The summed E-state index contributed by atoms with van der Waals surface area (Å²) in [6.07, 6.45) is 1.66. The van der Waals surface area contributed by atoms with E-state index in [0.29, 0.717) is 5.78 Å². The maximum Gasteiger partial charge on any atom is 0.348 e. The summed E-state index contributed by atoms with van der Waals surface area (Å²) in [6, 6.07) is 11.5. The Morgan fingerprint density at radius 2 is 1.94 bits per heavy atom. The van der Waals surface area contributed by atoms with Crippen molar-refractivity contribution in [1.82, 2.24) is 19.6 Å². The smallest absolute Gasteiger partial charge is 0.246 e. The maximum atomic E-state index is 11.2. The first-order valence-electron chi connectivity index (χ1n) is 4.84. The maximum absolute atomic E-state index is 11.2. The van der Waals surface area contributed by atoms with Crippen LogP contribution in [0.1, 0.15) is 0 Å². The molecule has 0 saturated carbocycles. The zero-order chi connectivity index (χ0) is 11.0. The lowest BCUT2D eigenvalue weighted by Crippen LogP contribution is -2.09. The second-order valence-electron chi connectivity index (χ2n) is 3.38. The van der Waals surface area contributed by atoms with Crippen molar-refractivity contribution in [2.45, 2.75) is 0 Å². The highest BCUT2D eigenvalue weighted by molar-refractivity contribution is 5.60. The third-order valence-corrected chi connectivity index (χ3v) is 2.36. The van der Waals surface area contributed by atoms with Crippen LogP contribution in [-0.4, -0.2) is 19.6 Å². The topological polar surface area (TPSA) is 63.0 Å². The minimum absolute atomic E-state index is 0.276. The van der Waals surface area contributed by atoms with Gasteiger partial charge in [-0.2, -0.15) is 0 Å². The third-order valence-electron chi connectivity index (χ3n) is 2.36. The van der Waals surface area contributed by atoms with Crippen LogP contribution in [0.15, 0.2) is 47.4 Å². The Labute approximate surface area is 90.4 Å². The van der Waals surface area contributed by atoms with Crippen molar-refractivity contribution in [3.8, 4) is 11.3 Å². The highest BCUT2D eigenvalue weighted by Crippen LogP contribution is 2.15. The molecule has 5 heteroatoms. The molecule has 0 aliphatic rings. The fourth-order valence-corrected chi connectivity index (χ4v) is 1.57. The summed E-state index contributed by atoms with van der Waals surface area (Å²) in [4.78, 5) is 15.5. The van der Waals surface area contributed by atoms with Crippen molar-refractivity contribution >= 4 is 5.78 Å². The summed E-state index contributed by atoms with van der Waals surface area (Å²) >= 11 is 0. The average Bonchev–Trinajstić information content (AvgIpc) is 2.72. The fourth-order valence-electron chi connectivity index (χ4n) is 1.57. The molecule has 78 valence electrons. The molecule has 16 heavy (non-hydrogen) atoms. The Hall–Kier alpha value is -2.43. The number of H-pyrrole nitrogens is 1. The fraction of sp³-hybridized carbons (Fsp3) is 0. The van der Waals surface area contributed by atoms with Gasteiger partial charge in [0.2, 0.25) is 0 Å². The first-order valence-corrected chi connectivity index (χ1v) is 4.84. The van der Waals surface area contributed by atoms with Crippen molar-refractivity contribution in [2.75, 3.05) is 0 Å². The molecule has 0 radical (unpaired) electrons. The Morgan fingerprint density at radius 1 is 1.12 bits per heavy atom. The first-order chi connectivity index (χ1) is 7.84. The summed E-state index contributed by atoms with van der Waals surface area (Å²) in [5, 5.41) is 6.17. The molecule has 0 atom stereocenters. The number of nitrogens with zero attached hydrogens (tertiary/aromatic N) is 3. The van der Waals surface area contributed by atoms with Crippen LogP contribution in [0.3, 0.4) is 0 Å². The van der Waals surface area contributed by atoms with Crippen LogP contribution in [0.25, 0.3) is 17.0 Å². The third kappa shape index (κ3) is 1.30. The number of nitrogens with one attached hydrogen (secondary N) is 1. The quantitative estimate of drug-likeness (QED) is 0.656. The molecule has 2 aromatic heterocycles. The standard InChI is InChI=1S/C11H8N4O/c16-11-14-13-10-12-9(6-7-15(10)11)8-4-2-1-3-5-8/h1-7H,(H,14,16). The first kappa shape index (κ1) is 8.84. The van der Waals surface area contributed by atoms with E-state index in [-0.39, 0.29) is 5.69 Å². The van der Waals surface area contributed by atoms with Gasteiger partial charge < -0.3 is 0 Å². The molecular formula is C11H8N4O. The SMILES string of the molecule is O=c1[nH]nc2nc(-c3ccccc3)ccn12. The van der Waals surface area contributed by atoms with Crippen molar-refractivity contribution in [1.29, 1.82) is 0 Å². The van der Waals surface area contributed by atoms with Crippen molar-refractivity contribution < 1.29 is 0 Å². The van der Waals surface area contributed by atoms with E-state index in [1.54, 1.807) is 12.3 Å². The van der Waals surface area contributed by atoms with Crippen LogP contribution in [0.4, 0.5) is 0 Å². The van der Waals surface area contributed by atoms with E-state index in [9.17, 15) is 4.79 Å². The highest BCUT2D eigenvalue weighted by Gasteiger charge is 2.03. The normalized spacial score (nSPS) is 10.8. The van der Waals surface area contributed by atoms with Gasteiger partial charge in [0.25, 0.3) is 5.78 Å². The molecule has 2 heterocycles. The summed E-state index contributed by atoms with van der Waals surface area (Å²) < 4.78 is 1.37. The summed E-state index contributed by atoms with van der Waals surface area (Å²) in [5.74, 6) is 0.381. The lowest BCUT2D eigenvalue weighted by atomic mass is 10.1. The van der Waals surface area contributed by atoms with E-state index in [0.717, 1.165) is 11.3 Å². The van der Waals surface area contributed by atoms with E-state index in [4.69, 9.17) is 0 Å². The van der Waals surface area contributed by atoms with Gasteiger partial charge in [-0.05, 0) is 6.07 Å². The van der Waals surface area contributed by atoms with Gasteiger partial charge in [-0.25, -0.2) is 19.3 Å². The molecule has 0 aliphatic carbocycles. The van der Waals surface area contributed by atoms with Gasteiger partial charge in [-0.15, -0.1) is 5.10 Å². The van der Waals surface area contributed by atoms with Gasteiger partial charge in [0.15, 0.2) is 0 Å². The summed E-state index contributed by atoms with van der Waals surface area (Å²) in [5.41, 5.74) is 1.52. The van der Waals surface area contributed by atoms with E-state index >= 15 is 0 Å². The van der Waals surface area contributed by atoms with Gasteiger partial charge >= 0.3 is 5.69 Å². The number of benzene rings is 1. The highest BCUT2D eigenvalue weighted by atomic mass is 16.1. The van der Waals surface area contributed by atoms with Gasteiger partial charge in [0, 0.05) is 11.8 Å². The second-order valence-corrected chi connectivity index (χ2v) is 3.38. The summed E-state index contributed by atoms with van der Waals surface area (Å²) in [7, 11) is 0. The van der Waals surface area contributed by atoms with Crippen LogP contribution >= 0.6 is 0 Å². The van der Waals surface area contributed by atoms with E-state index in [2.05, 4.69) is 15.2 Å². The van der Waals surface area contributed by atoms with Crippen molar-refractivity contribution in [3.63, 3.8) is 0 Å². The van der Waals surface area contributed by atoms with Crippen LogP contribution in [0, 0.1) is 0 Å². The molecule has 0 fully saturated rings. The number of fused-ring (bicyclic) bond motifs is 1. The second kappa shape index (κ2) is 3.30. The lowest BCUT2D eigenvalue weighted by molar-refractivity contribution is 1.02. The largest absolute Gasteiger partial charge is 0.348 e. The van der Waals surface area contributed by atoms with Gasteiger partial charge in [-0.3, -0.25) is 0 Å². The van der Waals surface area contributed by atoms with Gasteiger partial charge in [0.05, 0.1) is 5.69 Å². The Morgan fingerprint density at radius 3 is 2.75 bits per heavy atom. The number of aromatic amines is 1. The molecule has 5 nitrogen and oxygen atoms in total. The van der Waals surface area contributed by atoms with Crippen LogP contribution < -0.4 is 5.69 Å². The number of aromatic nitrogens is 4. The predicted molar refractivity (Wildman–Crippen MR) is 59.0 cm³/mol. The van der Waals surface area contributed by atoms with Crippen molar-refractivity contribution in [3.05, 3.63) is 53.1 Å². The Balaban J connectivity index is 2.23. The zero-order valence-corrected chi connectivity index (χ0v) is 8.29. The monoisotopic (exact) mass is 212 g/mol. The van der Waals surface area contributed by atoms with E-state index in [1.165, 1.54) is 4.40 Å². The molecule has 0 bridgehead atoms. The molecule has 0 saturated heterocycles. The number of hydrogen-bond donors (Lipinski definition) is 1. The summed E-state index contributed by atoms with van der Waals surface area (Å²) in [6.45, 7) is 0. The van der Waals surface area contributed by atoms with E-state index in [1.807, 2.05) is 30.3 Å². The molecule has 0 unspecified atom stereocenters. The predicted octanol–water partition coefficient (Wildman–Crippen LogP) is 1.08. The zero-order valence-electron chi connectivity index (χ0n) is 8.29. The Bertz CT molecular complexity index is 684. The van der Waals surface area contributed by atoms with E-state index < -0.39 is 0 Å². The van der Waals surface area contributed by atoms with Crippen molar-refractivity contribution in [2.24, 2.45) is 0 Å².